The molecule has 9 nitrogen and oxygen atoms in total. The van der Waals surface area contributed by atoms with Gasteiger partial charge in [-0.2, -0.15) is 23.5 Å². The molecule has 12 heteroatoms. The summed E-state index contributed by atoms with van der Waals surface area (Å²) in [5.41, 5.74) is 1.76. The van der Waals surface area contributed by atoms with Gasteiger partial charge in [-0.25, -0.2) is 0 Å². The lowest BCUT2D eigenvalue weighted by Gasteiger charge is -2.31. The number of likely N-dealkylation sites (tertiary alicyclic amines) is 1. The monoisotopic (exact) mass is 460 g/mol. The summed E-state index contributed by atoms with van der Waals surface area (Å²) in [6.07, 6.45) is -4.37. The van der Waals surface area contributed by atoms with Gasteiger partial charge in [-0.1, -0.05) is 0 Å². The predicted molar refractivity (Wildman–Crippen MR) is 109 cm³/mol. The maximum Gasteiger partial charge on any atom is 0.406 e. The van der Waals surface area contributed by atoms with Crippen molar-refractivity contribution in [2.45, 2.75) is 32.1 Å². The van der Waals surface area contributed by atoms with Crippen molar-refractivity contribution < 1.29 is 27.6 Å². The molecule has 1 aromatic carbocycles. The molecule has 1 fully saturated rings. The van der Waals surface area contributed by atoms with E-state index in [9.17, 15) is 27.6 Å². The second-order valence-corrected chi connectivity index (χ2v) is 7.87. The summed E-state index contributed by atoms with van der Waals surface area (Å²) in [5.74, 6) is -1.56. The Balaban J connectivity index is 1.60. The van der Waals surface area contributed by atoms with Gasteiger partial charge in [-0.15, -0.1) is 0 Å². The number of hydrogen-bond donors (Lipinski definition) is 1. The van der Waals surface area contributed by atoms with Crippen molar-refractivity contribution in [2.24, 2.45) is 0 Å². The van der Waals surface area contributed by atoms with Crippen molar-refractivity contribution in [3.05, 3.63) is 35.5 Å². The third kappa shape index (κ3) is 4.39. The lowest BCUT2D eigenvalue weighted by Crippen LogP contribution is -2.50. The predicted octanol–water partition coefficient (Wildman–Crippen LogP) is 2.00. The highest BCUT2D eigenvalue weighted by atomic mass is 19.4. The van der Waals surface area contributed by atoms with E-state index in [0.717, 1.165) is 4.90 Å². The summed E-state index contributed by atoms with van der Waals surface area (Å²) in [7, 11) is 0. The van der Waals surface area contributed by atoms with E-state index < -0.39 is 30.6 Å². The fourth-order valence-electron chi connectivity index (χ4n) is 4.15. The van der Waals surface area contributed by atoms with Crippen LogP contribution in [0.2, 0.25) is 0 Å². The number of rotatable bonds is 4. The average Bonchev–Trinajstić information content (AvgIpc) is 3.31. The first-order chi connectivity index (χ1) is 15.6. The molecule has 172 valence electrons. The molecule has 1 N–H and O–H groups in total. The number of amides is 3. The largest absolute Gasteiger partial charge is 0.406 e. The first-order valence-electron chi connectivity index (χ1n) is 10.1. The van der Waals surface area contributed by atoms with Gasteiger partial charge in [0, 0.05) is 25.6 Å². The Hall–Kier alpha value is -3.88. The number of carbonyl (C=O) groups excluding carboxylic acids is 3. The van der Waals surface area contributed by atoms with Crippen LogP contribution in [0.4, 0.5) is 18.9 Å². The van der Waals surface area contributed by atoms with Gasteiger partial charge in [-0.3, -0.25) is 19.1 Å². The van der Waals surface area contributed by atoms with E-state index in [4.69, 9.17) is 5.26 Å². The van der Waals surface area contributed by atoms with Crippen LogP contribution in [0.25, 0.3) is 11.3 Å². The smallest absolute Gasteiger partial charge is 0.332 e. The summed E-state index contributed by atoms with van der Waals surface area (Å²) in [6.45, 7) is 0.313. The molecule has 4 rings (SSSR count). The van der Waals surface area contributed by atoms with Crippen molar-refractivity contribution in [3.8, 4) is 17.3 Å². The quantitative estimate of drug-likeness (QED) is 0.750. The zero-order valence-corrected chi connectivity index (χ0v) is 17.5. The number of benzene rings is 1. The van der Waals surface area contributed by atoms with Gasteiger partial charge in [0.05, 0.1) is 29.6 Å². The third-order valence-electron chi connectivity index (χ3n) is 5.56. The Kier molecular flexibility index (Phi) is 5.57. The van der Waals surface area contributed by atoms with Crippen molar-refractivity contribution in [2.75, 3.05) is 25.0 Å². The SMILES string of the molecule is CC(=O)Nc1cc(C#N)ccc1-c1cc2n(n1)CCN(C1CCN(CC(F)(F)F)C1=O)C2=O. The molecule has 2 aromatic rings. The molecule has 0 spiro atoms. The first kappa shape index (κ1) is 22.3. The maximum absolute atomic E-state index is 13.1. The van der Waals surface area contributed by atoms with Crippen molar-refractivity contribution in [3.63, 3.8) is 0 Å². The molecule has 3 amide bonds. The fraction of sp³-hybridized carbons (Fsp3) is 0.381. The summed E-state index contributed by atoms with van der Waals surface area (Å²) < 4.78 is 39.6. The molecule has 1 aromatic heterocycles. The Morgan fingerprint density at radius 2 is 2.00 bits per heavy atom. The number of carbonyl (C=O) groups is 3. The number of nitriles is 1. The molecule has 0 aliphatic carbocycles. The molecule has 1 atom stereocenters. The number of nitrogens with one attached hydrogen (secondary N) is 1. The standard InChI is InChI=1S/C21H19F3N6O3/c1-12(31)26-15-8-13(10-25)2-3-14(15)16-9-18-20(33)29(6-7-30(18)27-16)17-4-5-28(19(17)32)11-21(22,23)24/h2-3,8-9,17H,4-7,11H2,1H3,(H,26,31). The number of aromatic nitrogens is 2. The minimum atomic E-state index is -4.50. The molecule has 1 saturated heterocycles. The topological polar surface area (TPSA) is 111 Å². The van der Waals surface area contributed by atoms with Gasteiger partial charge in [-0.05, 0) is 30.7 Å². The molecule has 2 aliphatic heterocycles. The third-order valence-corrected chi connectivity index (χ3v) is 5.56. The molecule has 33 heavy (non-hydrogen) atoms. The molecular formula is C21H19F3N6O3. The van der Waals surface area contributed by atoms with Crippen LogP contribution in [0.1, 0.15) is 29.4 Å². The Labute approximate surface area is 186 Å². The molecular weight excluding hydrogens is 441 g/mol. The lowest BCUT2D eigenvalue weighted by atomic mass is 10.1. The maximum atomic E-state index is 13.1. The van der Waals surface area contributed by atoms with E-state index >= 15 is 0 Å². The van der Waals surface area contributed by atoms with Crippen LogP contribution >= 0.6 is 0 Å². The minimum absolute atomic E-state index is 0.0668. The highest BCUT2D eigenvalue weighted by molar-refractivity contribution is 5.99. The first-order valence-corrected chi connectivity index (χ1v) is 10.1. The van der Waals surface area contributed by atoms with Crippen molar-refractivity contribution in [1.82, 2.24) is 19.6 Å². The van der Waals surface area contributed by atoms with Crippen LogP contribution in [0.5, 0.6) is 0 Å². The summed E-state index contributed by atoms with van der Waals surface area (Å²) in [5, 5.41) is 16.2. The van der Waals surface area contributed by atoms with Crippen LogP contribution in [0.15, 0.2) is 24.3 Å². The van der Waals surface area contributed by atoms with Crippen LogP contribution in [0, 0.1) is 11.3 Å². The van der Waals surface area contributed by atoms with Crippen LogP contribution in [0.3, 0.4) is 0 Å². The number of anilines is 1. The molecule has 2 aliphatic rings. The van der Waals surface area contributed by atoms with Gasteiger partial charge in [0.25, 0.3) is 5.91 Å². The van der Waals surface area contributed by atoms with Gasteiger partial charge in [0.1, 0.15) is 18.3 Å². The highest BCUT2D eigenvalue weighted by Gasteiger charge is 2.44. The molecule has 0 saturated carbocycles. The Morgan fingerprint density at radius 3 is 2.67 bits per heavy atom. The molecule has 0 radical (unpaired) electrons. The lowest BCUT2D eigenvalue weighted by molar-refractivity contribution is -0.158. The summed E-state index contributed by atoms with van der Waals surface area (Å²) >= 11 is 0. The molecule has 1 unspecified atom stereocenters. The number of nitrogens with zero attached hydrogens (tertiary/aromatic N) is 5. The van der Waals surface area contributed by atoms with E-state index in [1.807, 2.05) is 6.07 Å². The molecule has 0 bridgehead atoms. The number of fused-ring (bicyclic) bond motifs is 1. The van der Waals surface area contributed by atoms with E-state index in [1.54, 1.807) is 12.1 Å². The number of halogens is 3. The van der Waals surface area contributed by atoms with Gasteiger partial charge >= 0.3 is 6.18 Å². The normalized spacial score (nSPS) is 18.3. The van der Waals surface area contributed by atoms with Gasteiger partial charge in [0.2, 0.25) is 11.8 Å². The fourth-order valence-corrected chi connectivity index (χ4v) is 4.15. The van der Waals surface area contributed by atoms with Crippen LogP contribution in [-0.4, -0.2) is 69.2 Å². The van der Waals surface area contributed by atoms with E-state index in [0.29, 0.717) is 22.5 Å². The van der Waals surface area contributed by atoms with Crippen molar-refractivity contribution in [1.29, 1.82) is 5.26 Å². The second kappa shape index (κ2) is 8.23. The Morgan fingerprint density at radius 1 is 1.24 bits per heavy atom. The number of alkyl halides is 3. The summed E-state index contributed by atoms with van der Waals surface area (Å²) in [6, 6.07) is 7.21. The molecule has 3 heterocycles. The van der Waals surface area contributed by atoms with Gasteiger partial charge in [0.15, 0.2) is 0 Å². The second-order valence-electron chi connectivity index (χ2n) is 7.87. The number of hydrogen-bond acceptors (Lipinski definition) is 5. The zero-order chi connectivity index (χ0) is 23.9. The zero-order valence-electron chi connectivity index (χ0n) is 17.5. The Bertz CT molecular complexity index is 1180. The van der Waals surface area contributed by atoms with Gasteiger partial charge < -0.3 is 15.1 Å². The van der Waals surface area contributed by atoms with E-state index in [-0.39, 0.29) is 37.7 Å². The van der Waals surface area contributed by atoms with Crippen molar-refractivity contribution >= 4 is 23.4 Å². The van der Waals surface area contributed by atoms with E-state index in [2.05, 4.69) is 10.4 Å². The highest BCUT2D eigenvalue weighted by Crippen LogP contribution is 2.31. The van der Waals surface area contributed by atoms with E-state index in [1.165, 1.54) is 28.6 Å². The minimum Gasteiger partial charge on any atom is -0.332 e. The van der Waals surface area contributed by atoms with Crippen LogP contribution < -0.4 is 5.32 Å². The summed E-state index contributed by atoms with van der Waals surface area (Å²) in [4.78, 5) is 39.2. The van der Waals surface area contributed by atoms with Crippen LogP contribution in [-0.2, 0) is 16.1 Å². The average molecular weight is 460 g/mol.